The third kappa shape index (κ3) is 4.59. The van der Waals surface area contributed by atoms with Crippen molar-refractivity contribution in [3.8, 4) is 12.1 Å². The van der Waals surface area contributed by atoms with Gasteiger partial charge in [0.1, 0.15) is 6.04 Å². The number of carbonyl (C=O) groups excluding carboxylic acids is 2. The van der Waals surface area contributed by atoms with Crippen molar-refractivity contribution in [1.82, 2.24) is 4.90 Å². The summed E-state index contributed by atoms with van der Waals surface area (Å²) in [5.41, 5.74) is -2.30. The molecule has 0 spiro atoms. The van der Waals surface area contributed by atoms with Gasteiger partial charge in [0.2, 0.25) is 5.91 Å². The zero-order chi connectivity index (χ0) is 20.4. The predicted molar refractivity (Wildman–Crippen MR) is 80.4 cm³/mol. The molecule has 0 radical (unpaired) electrons. The van der Waals surface area contributed by atoms with E-state index in [1.54, 1.807) is 6.07 Å². The van der Waals surface area contributed by atoms with E-state index in [-0.39, 0.29) is 5.56 Å². The third-order valence-corrected chi connectivity index (χ3v) is 4.06. The fourth-order valence-electron chi connectivity index (χ4n) is 2.78. The Bertz CT molecular complexity index is 852. The molecule has 1 atom stereocenters. The van der Waals surface area contributed by atoms with Gasteiger partial charge in [0, 0.05) is 24.8 Å². The SMILES string of the molecule is N#Cc1ccc(C(=O)CCC(=O)N2CC(F)(F)C[C@H]2C#N)c(C(F)(F)F)c1. The third-order valence-electron chi connectivity index (χ3n) is 4.06. The van der Waals surface area contributed by atoms with Crippen molar-refractivity contribution >= 4 is 11.7 Å². The van der Waals surface area contributed by atoms with Crippen LogP contribution in [-0.4, -0.2) is 35.1 Å². The number of nitriles is 2. The first kappa shape index (κ1) is 20.3. The Balaban J connectivity index is 2.14. The van der Waals surface area contributed by atoms with E-state index in [2.05, 4.69) is 0 Å². The average molecular weight is 385 g/mol. The highest BCUT2D eigenvalue weighted by Gasteiger charge is 2.47. The molecule has 1 amide bonds. The molecule has 1 aromatic carbocycles. The average Bonchev–Trinajstić information content (AvgIpc) is 2.93. The van der Waals surface area contributed by atoms with Crippen molar-refractivity contribution in [2.45, 2.75) is 37.4 Å². The maximum absolute atomic E-state index is 13.3. The Kier molecular flexibility index (Phi) is 5.50. The van der Waals surface area contributed by atoms with E-state index in [4.69, 9.17) is 10.5 Å². The molecule has 2 rings (SSSR count). The molecule has 1 saturated heterocycles. The lowest BCUT2D eigenvalue weighted by Gasteiger charge is -2.19. The Labute approximate surface area is 150 Å². The first-order chi connectivity index (χ1) is 12.5. The lowest BCUT2D eigenvalue weighted by atomic mass is 9.98. The van der Waals surface area contributed by atoms with Crippen molar-refractivity contribution in [2.24, 2.45) is 0 Å². The Morgan fingerprint density at radius 2 is 1.89 bits per heavy atom. The zero-order valence-corrected chi connectivity index (χ0v) is 13.7. The minimum atomic E-state index is -4.88. The molecule has 1 aliphatic heterocycles. The van der Waals surface area contributed by atoms with Gasteiger partial charge in [-0.25, -0.2) is 8.78 Å². The van der Waals surface area contributed by atoms with Gasteiger partial charge < -0.3 is 4.90 Å². The molecule has 142 valence electrons. The minimum Gasteiger partial charge on any atom is -0.320 e. The van der Waals surface area contributed by atoms with Crippen LogP contribution in [-0.2, 0) is 11.0 Å². The van der Waals surface area contributed by atoms with Gasteiger partial charge in [0.25, 0.3) is 5.92 Å². The smallest absolute Gasteiger partial charge is 0.320 e. The molecule has 0 N–H and O–H groups in total. The standard InChI is InChI=1S/C17H12F5N3O2/c18-16(19)6-11(8-24)25(9-16)15(27)4-3-14(26)12-2-1-10(7-23)5-13(12)17(20,21)22/h1-2,5,11H,3-4,6,9H2/t11-/m0/s1. The summed E-state index contributed by atoms with van der Waals surface area (Å²) in [6.07, 6.45) is -6.96. The second-order valence-electron chi connectivity index (χ2n) is 6.02. The molecule has 10 heteroatoms. The lowest BCUT2D eigenvalue weighted by molar-refractivity contribution is -0.137. The molecule has 0 bridgehead atoms. The van der Waals surface area contributed by atoms with Gasteiger partial charge in [0.15, 0.2) is 5.78 Å². The maximum atomic E-state index is 13.3. The molecule has 0 aromatic heterocycles. The van der Waals surface area contributed by atoms with Gasteiger partial charge in [-0.1, -0.05) is 0 Å². The number of benzene rings is 1. The fraction of sp³-hybridized carbons (Fsp3) is 0.412. The molecule has 27 heavy (non-hydrogen) atoms. The zero-order valence-electron chi connectivity index (χ0n) is 13.7. The number of carbonyl (C=O) groups is 2. The van der Waals surface area contributed by atoms with Crippen LogP contribution < -0.4 is 0 Å². The number of amides is 1. The van der Waals surface area contributed by atoms with Gasteiger partial charge in [-0.3, -0.25) is 9.59 Å². The first-order valence-corrected chi connectivity index (χ1v) is 7.70. The number of rotatable bonds is 4. The highest BCUT2D eigenvalue weighted by atomic mass is 19.4. The number of Topliss-reactive ketones (excluding diaryl/α,β-unsaturated/α-hetero) is 1. The summed E-state index contributed by atoms with van der Waals surface area (Å²) < 4.78 is 66.0. The van der Waals surface area contributed by atoms with Gasteiger partial charge in [-0.05, 0) is 18.2 Å². The quantitative estimate of drug-likeness (QED) is 0.588. The number of ketones is 1. The normalized spacial score (nSPS) is 18.6. The van der Waals surface area contributed by atoms with E-state index in [9.17, 15) is 31.5 Å². The topological polar surface area (TPSA) is 85.0 Å². The largest absolute Gasteiger partial charge is 0.417 e. The van der Waals surface area contributed by atoms with Crippen LogP contribution in [0.5, 0.6) is 0 Å². The second kappa shape index (κ2) is 7.31. The first-order valence-electron chi connectivity index (χ1n) is 7.70. The van der Waals surface area contributed by atoms with E-state index >= 15 is 0 Å². The fourth-order valence-corrected chi connectivity index (χ4v) is 2.78. The van der Waals surface area contributed by atoms with Crippen LogP contribution in [0.2, 0.25) is 0 Å². The molecule has 0 unspecified atom stereocenters. The number of halogens is 5. The molecule has 0 saturated carbocycles. The van der Waals surface area contributed by atoms with Crippen LogP contribution >= 0.6 is 0 Å². The minimum absolute atomic E-state index is 0.286. The molecule has 1 aromatic rings. The van der Waals surface area contributed by atoms with Crippen molar-refractivity contribution in [1.29, 1.82) is 10.5 Å². The highest BCUT2D eigenvalue weighted by Crippen LogP contribution is 2.34. The van der Waals surface area contributed by atoms with Crippen molar-refractivity contribution < 1.29 is 31.5 Å². The van der Waals surface area contributed by atoms with Crippen LogP contribution in [0.25, 0.3) is 0 Å². The second-order valence-corrected chi connectivity index (χ2v) is 6.02. The van der Waals surface area contributed by atoms with E-state index in [1.165, 1.54) is 6.07 Å². The number of hydrogen-bond donors (Lipinski definition) is 0. The predicted octanol–water partition coefficient (Wildman–Crippen LogP) is 3.30. The monoisotopic (exact) mass is 385 g/mol. The Morgan fingerprint density at radius 3 is 2.44 bits per heavy atom. The summed E-state index contributed by atoms with van der Waals surface area (Å²) in [5.74, 6) is -5.15. The van der Waals surface area contributed by atoms with Crippen LogP contribution in [0.3, 0.4) is 0 Å². The number of likely N-dealkylation sites (tertiary alicyclic amines) is 1. The van der Waals surface area contributed by atoms with Gasteiger partial charge in [-0.15, -0.1) is 0 Å². The molecule has 5 nitrogen and oxygen atoms in total. The molecule has 1 fully saturated rings. The molecule has 1 heterocycles. The Hall–Kier alpha value is -3.01. The van der Waals surface area contributed by atoms with Crippen LogP contribution in [0.1, 0.15) is 40.7 Å². The highest BCUT2D eigenvalue weighted by molar-refractivity contribution is 5.99. The van der Waals surface area contributed by atoms with E-state index in [1.807, 2.05) is 0 Å². The van der Waals surface area contributed by atoms with E-state index < -0.39 is 66.8 Å². The summed E-state index contributed by atoms with van der Waals surface area (Å²) in [7, 11) is 0. The molecule has 1 aliphatic rings. The summed E-state index contributed by atoms with van der Waals surface area (Å²) in [6.45, 7) is -0.969. The van der Waals surface area contributed by atoms with Crippen molar-refractivity contribution in [3.63, 3.8) is 0 Å². The summed E-state index contributed by atoms with van der Waals surface area (Å²) in [5, 5.41) is 17.6. The molecular weight excluding hydrogens is 373 g/mol. The van der Waals surface area contributed by atoms with E-state index in [0.717, 1.165) is 12.1 Å². The summed E-state index contributed by atoms with van der Waals surface area (Å²) in [4.78, 5) is 24.8. The number of nitrogens with zero attached hydrogens (tertiary/aromatic N) is 3. The molecule has 0 aliphatic carbocycles. The maximum Gasteiger partial charge on any atom is 0.417 e. The lowest BCUT2D eigenvalue weighted by Crippen LogP contribution is -2.36. The Morgan fingerprint density at radius 1 is 1.22 bits per heavy atom. The van der Waals surface area contributed by atoms with Crippen LogP contribution in [0, 0.1) is 22.7 Å². The van der Waals surface area contributed by atoms with Gasteiger partial charge in [-0.2, -0.15) is 23.7 Å². The number of hydrogen-bond acceptors (Lipinski definition) is 4. The van der Waals surface area contributed by atoms with Crippen molar-refractivity contribution in [3.05, 3.63) is 34.9 Å². The van der Waals surface area contributed by atoms with E-state index in [0.29, 0.717) is 11.0 Å². The van der Waals surface area contributed by atoms with Crippen LogP contribution in [0.4, 0.5) is 22.0 Å². The van der Waals surface area contributed by atoms with Gasteiger partial charge >= 0.3 is 6.18 Å². The van der Waals surface area contributed by atoms with Crippen LogP contribution in [0.15, 0.2) is 18.2 Å². The number of alkyl halides is 5. The summed E-state index contributed by atoms with van der Waals surface area (Å²) >= 11 is 0. The van der Waals surface area contributed by atoms with Gasteiger partial charge in [0.05, 0.1) is 29.8 Å². The summed E-state index contributed by atoms with van der Waals surface area (Å²) in [6, 6.07) is 4.18. The van der Waals surface area contributed by atoms with Crippen molar-refractivity contribution in [2.75, 3.05) is 6.54 Å². The molecular formula is C17H12F5N3O2.